The third-order valence-corrected chi connectivity index (χ3v) is 5.31. The summed E-state index contributed by atoms with van der Waals surface area (Å²) >= 11 is 0. The first-order valence-electron chi connectivity index (χ1n) is 8.63. The van der Waals surface area contributed by atoms with E-state index in [2.05, 4.69) is 32.9 Å². The van der Waals surface area contributed by atoms with Gasteiger partial charge in [0, 0.05) is 12.3 Å². The molecule has 0 amide bonds. The highest BCUT2D eigenvalue weighted by atomic mass is 16.5. The Bertz CT molecular complexity index is 463. The highest BCUT2D eigenvalue weighted by molar-refractivity contribution is 5.72. The first kappa shape index (κ1) is 17.3. The fourth-order valence-corrected chi connectivity index (χ4v) is 3.93. The number of hydrogen-bond acceptors (Lipinski definition) is 3. The second kappa shape index (κ2) is 6.99. The van der Waals surface area contributed by atoms with Crippen molar-refractivity contribution in [2.45, 2.75) is 59.7 Å². The number of carbonyl (C=O) groups excluding carboxylic acids is 1. The van der Waals surface area contributed by atoms with E-state index in [1.807, 2.05) is 19.9 Å². The molecule has 0 heterocycles. The van der Waals surface area contributed by atoms with E-state index in [9.17, 15) is 9.90 Å². The Balaban J connectivity index is 2.28. The van der Waals surface area contributed by atoms with Crippen LogP contribution in [0.2, 0.25) is 0 Å². The number of esters is 1. The molecule has 6 atom stereocenters. The molecule has 2 aliphatic rings. The van der Waals surface area contributed by atoms with E-state index >= 15 is 0 Å². The van der Waals surface area contributed by atoms with Crippen molar-refractivity contribution >= 4 is 5.97 Å². The second-order valence-corrected chi connectivity index (χ2v) is 7.32. The summed E-state index contributed by atoms with van der Waals surface area (Å²) in [4.78, 5) is 12.2. The van der Waals surface area contributed by atoms with Crippen molar-refractivity contribution in [3.63, 3.8) is 0 Å². The highest BCUT2D eigenvalue weighted by Crippen LogP contribution is 2.44. The predicted octanol–water partition coefficient (Wildman–Crippen LogP) is 3.73. The molecule has 0 fully saturated rings. The van der Waals surface area contributed by atoms with Gasteiger partial charge in [0.15, 0.2) is 0 Å². The van der Waals surface area contributed by atoms with Crippen LogP contribution in [0.15, 0.2) is 23.8 Å². The summed E-state index contributed by atoms with van der Waals surface area (Å²) in [7, 11) is 0. The number of aliphatic hydroxyl groups excluding tert-OH is 1. The van der Waals surface area contributed by atoms with Gasteiger partial charge in [-0.25, -0.2) is 0 Å². The molecular formula is C19H30O3. The van der Waals surface area contributed by atoms with Crippen LogP contribution in [-0.4, -0.2) is 23.3 Å². The molecule has 0 saturated carbocycles. The van der Waals surface area contributed by atoms with E-state index in [1.165, 1.54) is 0 Å². The third-order valence-electron chi connectivity index (χ3n) is 5.31. The van der Waals surface area contributed by atoms with Crippen LogP contribution in [0.5, 0.6) is 0 Å². The number of hydrogen-bond donors (Lipinski definition) is 1. The van der Waals surface area contributed by atoms with Gasteiger partial charge in [0.2, 0.25) is 0 Å². The first-order valence-corrected chi connectivity index (χ1v) is 8.63. The summed E-state index contributed by atoms with van der Waals surface area (Å²) in [6, 6.07) is 0. The molecule has 0 radical (unpaired) electrons. The Labute approximate surface area is 134 Å². The molecule has 0 aromatic carbocycles. The van der Waals surface area contributed by atoms with Gasteiger partial charge in [-0.3, -0.25) is 4.79 Å². The van der Waals surface area contributed by atoms with Crippen molar-refractivity contribution < 1.29 is 14.6 Å². The number of carbonyl (C=O) groups is 1. The lowest BCUT2D eigenvalue weighted by Crippen LogP contribution is -2.44. The summed E-state index contributed by atoms with van der Waals surface area (Å²) < 4.78 is 5.84. The number of aliphatic hydroxyl groups is 1. The molecule has 2 aliphatic carbocycles. The summed E-state index contributed by atoms with van der Waals surface area (Å²) in [6.07, 6.45) is 6.84. The average molecular weight is 306 g/mol. The zero-order valence-corrected chi connectivity index (χ0v) is 14.5. The molecule has 0 aromatic heterocycles. The molecule has 1 N–H and O–H groups in total. The van der Waals surface area contributed by atoms with Crippen LogP contribution in [0.1, 0.15) is 47.5 Å². The smallest absolute Gasteiger partial charge is 0.308 e. The Morgan fingerprint density at radius 2 is 2.09 bits per heavy atom. The van der Waals surface area contributed by atoms with Gasteiger partial charge in [-0.15, -0.1) is 0 Å². The van der Waals surface area contributed by atoms with Crippen LogP contribution in [-0.2, 0) is 9.53 Å². The van der Waals surface area contributed by atoms with Crippen molar-refractivity contribution in [1.82, 2.24) is 0 Å². The minimum Gasteiger partial charge on any atom is -0.461 e. The van der Waals surface area contributed by atoms with Crippen molar-refractivity contribution in [1.29, 1.82) is 0 Å². The average Bonchev–Trinajstić information content (AvgIpc) is 2.46. The fraction of sp³-hybridized carbons (Fsp3) is 0.737. The SMILES string of the molecule is CC[C@H](C)C(=O)O[C@H]1CC(O)C=C2C=C[C@@H](C)C(C(C)C)C21. The van der Waals surface area contributed by atoms with Crippen LogP contribution < -0.4 is 0 Å². The van der Waals surface area contributed by atoms with E-state index in [0.29, 0.717) is 24.2 Å². The first-order chi connectivity index (χ1) is 10.3. The molecule has 0 bridgehead atoms. The molecule has 0 spiro atoms. The lowest BCUT2D eigenvalue weighted by molar-refractivity contribution is -0.159. The molecule has 2 rings (SSSR count). The van der Waals surface area contributed by atoms with Crippen LogP contribution in [0.25, 0.3) is 0 Å². The molecule has 3 unspecified atom stereocenters. The minimum absolute atomic E-state index is 0.0828. The van der Waals surface area contributed by atoms with E-state index in [1.54, 1.807) is 0 Å². The lowest BCUT2D eigenvalue weighted by atomic mass is 9.64. The van der Waals surface area contributed by atoms with Crippen molar-refractivity contribution in [3.05, 3.63) is 23.8 Å². The quantitative estimate of drug-likeness (QED) is 0.805. The van der Waals surface area contributed by atoms with Crippen LogP contribution in [0.3, 0.4) is 0 Å². The maximum Gasteiger partial charge on any atom is 0.308 e. The van der Waals surface area contributed by atoms with Gasteiger partial charge >= 0.3 is 5.97 Å². The van der Waals surface area contributed by atoms with Crippen LogP contribution in [0, 0.1) is 29.6 Å². The molecule has 0 aliphatic heterocycles. The molecular weight excluding hydrogens is 276 g/mol. The third kappa shape index (κ3) is 3.45. The standard InChI is InChI=1S/C19H30O3/c1-6-12(4)19(21)22-16-10-15(20)9-14-8-7-13(5)17(11(2)3)18(14)16/h7-9,11-13,15-18,20H,6,10H2,1-5H3/t12-,13+,15?,16-,17?,18?/m0/s1. The Kier molecular flexibility index (Phi) is 5.49. The number of rotatable bonds is 4. The number of fused-ring (bicyclic) bond motifs is 1. The summed E-state index contributed by atoms with van der Waals surface area (Å²) in [5.41, 5.74) is 1.14. The lowest BCUT2D eigenvalue weighted by Gasteiger charge is -2.44. The molecule has 124 valence electrons. The van der Waals surface area contributed by atoms with Gasteiger partial charge in [-0.1, -0.05) is 52.8 Å². The molecule has 0 aromatic rings. The van der Waals surface area contributed by atoms with Crippen molar-refractivity contribution in [2.75, 3.05) is 0 Å². The van der Waals surface area contributed by atoms with E-state index < -0.39 is 6.10 Å². The molecule has 3 heteroatoms. The zero-order chi connectivity index (χ0) is 16.4. The number of ether oxygens (including phenoxy) is 1. The number of allylic oxidation sites excluding steroid dienone is 2. The fourth-order valence-electron chi connectivity index (χ4n) is 3.93. The van der Waals surface area contributed by atoms with Gasteiger partial charge in [-0.05, 0) is 29.7 Å². The van der Waals surface area contributed by atoms with Crippen molar-refractivity contribution in [3.8, 4) is 0 Å². The maximum atomic E-state index is 12.2. The molecule has 3 nitrogen and oxygen atoms in total. The Hall–Kier alpha value is -1.09. The summed E-state index contributed by atoms with van der Waals surface area (Å²) in [5, 5.41) is 10.1. The minimum atomic E-state index is -0.521. The predicted molar refractivity (Wildman–Crippen MR) is 88.2 cm³/mol. The second-order valence-electron chi connectivity index (χ2n) is 7.32. The largest absolute Gasteiger partial charge is 0.461 e. The summed E-state index contributed by atoms with van der Waals surface area (Å²) in [6.45, 7) is 10.6. The Morgan fingerprint density at radius 3 is 2.68 bits per heavy atom. The Morgan fingerprint density at radius 1 is 1.41 bits per heavy atom. The van der Waals surface area contributed by atoms with Crippen LogP contribution in [0.4, 0.5) is 0 Å². The van der Waals surface area contributed by atoms with E-state index in [0.717, 1.165) is 12.0 Å². The van der Waals surface area contributed by atoms with Gasteiger partial charge < -0.3 is 9.84 Å². The summed E-state index contributed by atoms with van der Waals surface area (Å²) in [5.74, 6) is 1.40. The van der Waals surface area contributed by atoms with Gasteiger partial charge in [-0.2, -0.15) is 0 Å². The zero-order valence-electron chi connectivity index (χ0n) is 14.5. The molecule has 0 saturated heterocycles. The van der Waals surface area contributed by atoms with Gasteiger partial charge in [0.1, 0.15) is 6.10 Å². The van der Waals surface area contributed by atoms with Crippen molar-refractivity contribution in [2.24, 2.45) is 29.6 Å². The normalized spacial score (nSPS) is 35.8. The highest BCUT2D eigenvalue weighted by Gasteiger charge is 2.43. The van der Waals surface area contributed by atoms with Crippen LogP contribution >= 0.6 is 0 Å². The van der Waals surface area contributed by atoms with E-state index in [-0.39, 0.29) is 23.9 Å². The monoisotopic (exact) mass is 306 g/mol. The van der Waals surface area contributed by atoms with E-state index in [4.69, 9.17) is 4.74 Å². The maximum absolute atomic E-state index is 12.2. The topological polar surface area (TPSA) is 46.5 Å². The molecule has 22 heavy (non-hydrogen) atoms. The van der Waals surface area contributed by atoms with Gasteiger partial charge in [0.05, 0.1) is 12.0 Å². The van der Waals surface area contributed by atoms with Gasteiger partial charge in [0.25, 0.3) is 0 Å².